The molecule has 3 aromatic rings. The number of nitrogens with one attached hydrogen (secondary N) is 1. The molecule has 1 aliphatic heterocycles. The van der Waals surface area contributed by atoms with Crippen LogP contribution in [0.2, 0.25) is 0 Å². The van der Waals surface area contributed by atoms with Gasteiger partial charge in [-0.3, -0.25) is 0 Å². The highest BCUT2D eigenvalue weighted by atomic mass is 15.3. The van der Waals surface area contributed by atoms with Crippen LogP contribution in [0.3, 0.4) is 0 Å². The van der Waals surface area contributed by atoms with E-state index >= 15 is 0 Å². The number of aromatic amines is 1. The second-order valence-electron chi connectivity index (χ2n) is 5.82. The molecule has 4 heterocycles. The van der Waals surface area contributed by atoms with Gasteiger partial charge in [0.15, 0.2) is 0 Å². The zero-order valence-corrected chi connectivity index (χ0v) is 13.2. The molecule has 0 amide bonds. The lowest BCUT2D eigenvalue weighted by Crippen LogP contribution is -2.35. The number of H-pyrrole nitrogens is 1. The predicted octanol–water partition coefficient (Wildman–Crippen LogP) is 1.33. The molecule has 0 spiro atoms. The summed E-state index contributed by atoms with van der Waals surface area (Å²) in [7, 11) is 1.99. The number of anilines is 2. The summed E-state index contributed by atoms with van der Waals surface area (Å²) >= 11 is 0. The van der Waals surface area contributed by atoms with Crippen LogP contribution in [-0.4, -0.2) is 51.1 Å². The van der Waals surface area contributed by atoms with Crippen molar-refractivity contribution in [1.82, 2.24) is 24.9 Å². The normalized spacial score (nSPS) is 17.2. The Labute approximate surface area is 138 Å². The fraction of sp³-hybridized carbons (Fsp3) is 0.312. The largest absolute Gasteiger partial charge is 0.354 e. The third-order valence-electron chi connectivity index (χ3n) is 4.43. The topological polar surface area (TPSA) is 97.6 Å². The third kappa shape index (κ3) is 2.40. The SMILES string of the molecule is CN(c1ncc(C#N)cn1)C1CCN(c2ncnc3[nH]ccc23)C1. The number of rotatable bonds is 3. The van der Waals surface area contributed by atoms with E-state index in [0.717, 1.165) is 36.4 Å². The van der Waals surface area contributed by atoms with Crippen molar-refractivity contribution in [3.63, 3.8) is 0 Å². The standard InChI is InChI=1S/C16H16N8/c1-23(16-19-7-11(6-17)8-20-16)12-3-5-24(9-12)15-13-2-4-18-14(13)21-10-22-15/h2,4,7-8,10,12H,3,5,9H2,1H3,(H,18,21,22). The summed E-state index contributed by atoms with van der Waals surface area (Å²) in [6, 6.07) is 4.34. The Morgan fingerprint density at radius 3 is 2.92 bits per heavy atom. The van der Waals surface area contributed by atoms with Crippen molar-refractivity contribution >= 4 is 22.8 Å². The van der Waals surface area contributed by atoms with Crippen LogP contribution >= 0.6 is 0 Å². The number of hydrogen-bond acceptors (Lipinski definition) is 7. The molecule has 0 aromatic carbocycles. The average Bonchev–Trinajstić information content (AvgIpc) is 3.30. The van der Waals surface area contributed by atoms with E-state index in [1.54, 1.807) is 18.7 Å². The lowest BCUT2D eigenvalue weighted by molar-refractivity contribution is 0.674. The maximum absolute atomic E-state index is 8.84. The summed E-state index contributed by atoms with van der Waals surface area (Å²) < 4.78 is 0. The van der Waals surface area contributed by atoms with E-state index in [2.05, 4.69) is 34.7 Å². The van der Waals surface area contributed by atoms with E-state index in [1.807, 2.05) is 25.4 Å². The van der Waals surface area contributed by atoms with Crippen LogP contribution in [0.25, 0.3) is 11.0 Å². The summed E-state index contributed by atoms with van der Waals surface area (Å²) in [5, 5.41) is 9.88. The Hall–Kier alpha value is -3.21. The quantitative estimate of drug-likeness (QED) is 0.777. The Morgan fingerprint density at radius 1 is 1.29 bits per heavy atom. The number of likely N-dealkylation sites (N-methyl/N-ethyl adjacent to an activating group) is 1. The van der Waals surface area contributed by atoms with Crippen LogP contribution in [0, 0.1) is 11.3 Å². The van der Waals surface area contributed by atoms with E-state index in [0.29, 0.717) is 17.6 Å². The van der Waals surface area contributed by atoms with Gasteiger partial charge >= 0.3 is 0 Å². The van der Waals surface area contributed by atoms with E-state index in [9.17, 15) is 0 Å². The zero-order chi connectivity index (χ0) is 16.5. The minimum Gasteiger partial charge on any atom is -0.354 e. The molecule has 1 fully saturated rings. The molecule has 0 aliphatic carbocycles. The Morgan fingerprint density at radius 2 is 2.12 bits per heavy atom. The van der Waals surface area contributed by atoms with E-state index in [1.165, 1.54) is 0 Å². The highest BCUT2D eigenvalue weighted by Gasteiger charge is 2.29. The predicted molar refractivity (Wildman–Crippen MR) is 89.7 cm³/mol. The van der Waals surface area contributed by atoms with Crippen molar-refractivity contribution in [3.05, 3.63) is 36.5 Å². The van der Waals surface area contributed by atoms with Crippen molar-refractivity contribution in [3.8, 4) is 6.07 Å². The van der Waals surface area contributed by atoms with Gasteiger partial charge in [-0.1, -0.05) is 0 Å². The minimum atomic E-state index is 0.293. The highest BCUT2D eigenvalue weighted by Crippen LogP contribution is 2.27. The molecule has 120 valence electrons. The molecule has 1 aliphatic rings. The molecule has 0 saturated carbocycles. The van der Waals surface area contributed by atoms with Crippen molar-refractivity contribution in [1.29, 1.82) is 5.26 Å². The van der Waals surface area contributed by atoms with Crippen LogP contribution in [0.5, 0.6) is 0 Å². The monoisotopic (exact) mass is 320 g/mol. The van der Waals surface area contributed by atoms with Crippen molar-refractivity contribution in [2.75, 3.05) is 29.9 Å². The fourth-order valence-electron chi connectivity index (χ4n) is 3.09. The number of fused-ring (bicyclic) bond motifs is 1. The van der Waals surface area contributed by atoms with Gasteiger partial charge in [-0.15, -0.1) is 0 Å². The van der Waals surface area contributed by atoms with E-state index in [4.69, 9.17) is 5.26 Å². The maximum atomic E-state index is 8.84. The van der Waals surface area contributed by atoms with Crippen molar-refractivity contribution in [2.45, 2.75) is 12.5 Å². The van der Waals surface area contributed by atoms with Crippen LogP contribution in [-0.2, 0) is 0 Å². The van der Waals surface area contributed by atoms with Gasteiger partial charge < -0.3 is 14.8 Å². The van der Waals surface area contributed by atoms with E-state index in [-0.39, 0.29) is 0 Å². The highest BCUT2D eigenvalue weighted by molar-refractivity contribution is 5.87. The van der Waals surface area contributed by atoms with E-state index < -0.39 is 0 Å². The molecule has 0 radical (unpaired) electrons. The molecular formula is C16H16N8. The maximum Gasteiger partial charge on any atom is 0.225 e. The first-order valence-electron chi connectivity index (χ1n) is 7.74. The van der Waals surface area contributed by atoms with Crippen LogP contribution in [0.4, 0.5) is 11.8 Å². The summed E-state index contributed by atoms with van der Waals surface area (Å²) in [6.45, 7) is 1.76. The van der Waals surface area contributed by atoms with Crippen molar-refractivity contribution in [2.24, 2.45) is 0 Å². The molecule has 24 heavy (non-hydrogen) atoms. The van der Waals surface area contributed by atoms with Crippen LogP contribution < -0.4 is 9.80 Å². The first kappa shape index (κ1) is 14.4. The fourth-order valence-corrected chi connectivity index (χ4v) is 3.09. The molecular weight excluding hydrogens is 304 g/mol. The molecule has 3 aromatic heterocycles. The molecule has 1 N–H and O–H groups in total. The van der Waals surface area contributed by atoms with Crippen molar-refractivity contribution < 1.29 is 0 Å². The van der Waals surface area contributed by atoms with Crippen LogP contribution in [0.15, 0.2) is 31.0 Å². The third-order valence-corrected chi connectivity index (χ3v) is 4.43. The first-order chi connectivity index (χ1) is 11.8. The Kier molecular flexibility index (Phi) is 3.46. The van der Waals surface area contributed by atoms with Gasteiger partial charge in [0.1, 0.15) is 23.9 Å². The van der Waals surface area contributed by atoms with Crippen LogP contribution in [0.1, 0.15) is 12.0 Å². The number of nitriles is 1. The average molecular weight is 320 g/mol. The Balaban J connectivity index is 1.53. The minimum absolute atomic E-state index is 0.293. The summed E-state index contributed by atoms with van der Waals surface area (Å²) in [6.07, 6.45) is 7.58. The molecule has 0 bridgehead atoms. The lowest BCUT2D eigenvalue weighted by Gasteiger charge is -2.25. The van der Waals surface area contributed by atoms with Gasteiger partial charge in [0.2, 0.25) is 5.95 Å². The smallest absolute Gasteiger partial charge is 0.225 e. The summed E-state index contributed by atoms with van der Waals surface area (Å²) in [4.78, 5) is 24.7. The molecule has 1 saturated heterocycles. The molecule has 8 nitrogen and oxygen atoms in total. The second kappa shape index (κ2) is 5.77. The number of nitrogens with zero attached hydrogens (tertiary/aromatic N) is 7. The van der Waals surface area contributed by atoms with Gasteiger partial charge in [-0.25, -0.2) is 19.9 Å². The van der Waals surface area contributed by atoms with Gasteiger partial charge in [0, 0.05) is 26.3 Å². The molecule has 1 atom stereocenters. The van der Waals surface area contributed by atoms with Gasteiger partial charge in [-0.05, 0) is 12.5 Å². The van der Waals surface area contributed by atoms with Gasteiger partial charge in [0.25, 0.3) is 0 Å². The lowest BCUT2D eigenvalue weighted by atomic mass is 10.2. The Bertz CT molecular complexity index is 894. The summed E-state index contributed by atoms with van der Waals surface area (Å²) in [5.74, 6) is 1.59. The first-order valence-corrected chi connectivity index (χ1v) is 7.74. The number of hydrogen-bond donors (Lipinski definition) is 1. The van der Waals surface area contributed by atoms with Gasteiger partial charge in [-0.2, -0.15) is 5.26 Å². The zero-order valence-electron chi connectivity index (χ0n) is 13.2. The molecule has 4 rings (SSSR count). The van der Waals surface area contributed by atoms with Gasteiger partial charge in [0.05, 0.1) is 29.4 Å². The number of aromatic nitrogens is 5. The summed E-state index contributed by atoms with van der Waals surface area (Å²) in [5.41, 5.74) is 1.32. The second-order valence-corrected chi connectivity index (χ2v) is 5.82. The molecule has 1 unspecified atom stereocenters. The molecule has 8 heteroatoms.